The van der Waals surface area contributed by atoms with Gasteiger partial charge in [0.05, 0.1) is 12.1 Å². The fraction of sp³-hybridized carbons (Fsp3) is 0.889. The molecule has 0 aromatic carbocycles. The summed E-state index contributed by atoms with van der Waals surface area (Å²) in [5.74, 6) is 0. The van der Waals surface area contributed by atoms with Crippen LogP contribution in [0.25, 0.3) is 0 Å². The zero-order chi connectivity index (χ0) is 12.2. The molecular weight excluding hydrogens is 225 g/mol. The van der Waals surface area contributed by atoms with Crippen LogP contribution in [0.4, 0.5) is 18.0 Å². The fourth-order valence-corrected chi connectivity index (χ4v) is 1.53. The number of hydrogen-bond acceptors (Lipinski definition) is 2. The Kier molecular flexibility index (Phi) is 4.01. The quantitative estimate of drug-likeness (QED) is 0.766. The molecule has 0 aliphatic carbocycles. The van der Waals surface area contributed by atoms with Gasteiger partial charge in [-0.1, -0.05) is 0 Å². The van der Waals surface area contributed by atoms with Crippen molar-refractivity contribution in [2.45, 2.75) is 31.5 Å². The first-order valence-electron chi connectivity index (χ1n) is 5.01. The van der Waals surface area contributed by atoms with Gasteiger partial charge in [0.25, 0.3) is 0 Å². The van der Waals surface area contributed by atoms with Crippen LogP contribution in [0.1, 0.15) is 19.8 Å². The maximum Gasteiger partial charge on any atom is 0.405 e. The smallest absolute Gasteiger partial charge is 0.379 e. The van der Waals surface area contributed by atoms with Crippen molar-refractivity contribution in [1.29, 1.82) is 0 Å². The standard InChI is InChI=1S/C9H15F3N2O2/c1-8(3-2-4-16-6-8)14-7(15)13-5-9(10,11)12/h2-6H2,1H3,(H2,13,14,15). The molecule has 2 N–H and O–H groups in total. The number of ether oxygens (including phenoxy) is 1. The van der Waals surface area contributed by atoms with Crippen molar-refractivity contribution < 1.29 is 22.7 Å². The second-order valence-electron chi connectivity index (χ2n) is 4.14. The topological polar surface area (TPSA) is 50.4 Å². The van der Waals surface area contributed by atoms with Gasteiger partial charge < -0.3 is 15.4 Å². The van der Waals surface area contributed by atoms with E-state index in [-0.39, 0.29) is 0 Å². The summed E-state index contributed by atoms with van der Waals surface area (Å²) in [6, 6.07) is -0.815. The van der Waals surface area contributed by atoms with Crippen molar-refractivity contribution in [2.24, 2.45) is 0 Å². The van der Waals surface area contributed by atoms with E-state index < -0.39 is 24.3 Å². The van der Waals surface area contributed by atoms with Gasteiger partial charge in [0, 0.05) is 6.61 Å². The van der Waals surface area contributed by atoms with Gasteiger partial charge in [0.2, 0.25) is 0 Å². The molecule has 2 amide bonds. The largest absolute Gasteiger partial charge is 0.405 e. The molecule has 7 heteroatoms. The molecule has 1 fully saturated rings. The summed E-state index contributed by atoms with van der Waals surface area (Å²) in [4.78, 5) is 11.2. The fourth-order valence-electron chi connectivity index (χ4n) is 1.53. The predicted octanol–water partition coefficient (Wildman–Crippen LogP) is 1.42. The number of nitrogens with one attached hydrogen (secondary N) is 2. The monoisotopic (exact) mass is 240 g/mol. The molecule has 1 aliphatic rings. The lowest BCUT2D eigenvalue weighted by Crippen LogP contribution is -2.55. The van der Waals surface area contributed by atoms with E-state index in [2.05, 4.69) is 5.32 Å². The van der Waals surface area contributed by atoms with Crippen molar-refractivity contribution in [3.63, 3.8) is 0 Å². The first-order chi connectivity index (χ1) is 7.31. The molecule has 1 rings (SSSR count). The van der Waals surface area contributed by atoms with E-state index in [9.17, 15) is 18.0 Å². The zero-order valence-corrected chi connectivity index (χ0v) is 8.99. The Bertz CT molecular complexity index is 250. The van der Waals surface area contributed by atoms with E-state index >= 15 is 0 Å². The minimum absolute atomic E-state index is 0.326. The number of urea groups is 1. The molecule has 94 valence electrons. The number of carbonyl (C=O) groups is 1. The van der Waals surface area contributed by atoms with E-state index in [1.54, 1.807) is 12.2 Å². The molecule has 1 atom stereocenters. The number of rotatable bonds is 2. The Hall–Kier alpha value is -0.980. The molecule has 0 aromatic rings. The molecule has 0 bridgehead atoms. The maximum atomic E-state index is 11.8. The number of carbonyl (C=O) groups excluding carboxylic acids is 1. The summed E-state index contributed by atoms with van der Waals surface area (Å²) in [6.07, 6.45) is -2.90. The molecule has 1 unspecified atom stereocenters. The molecule has 0 radical (unpaired) electrons. The number of hydrogen-bond donors (Lipinski definition) is 2. The van der Waals surface area contributed by atoms with Gasteiger partial charge in [0.15, 0.2) is 0 Å². The molecule has 1 heterocycles. The molecular formula is C9H15F3N2O2. The first kappa shape index (κ1) is 13.1. The van der Waals surface area contributed by atoms with Gasteiger partial charge in [-0.3, -0.25) is 0 Å². The van der Waals surface area contributed by atoms with Crippen LogP contribution in [0, 0.1) is 0 Å². The normalized spacial score (nSPS) is 26.2. The van der Waals surface area contributed by atoms with Crippen LogP contribution >= 0.6 is 0 Å². The van der Waals surface area contributed by atoms with Gasteiger partial charge in [-0.05, 0) is 19.8 Å². The third kappa shape index (κ3) is 4.69. The Balaban J connectivity index is 2.33. The van der Waals surface area contributed by atoms with Gasteiger partial charge in [-0.25, -0.2) is 4.79 Å². The van der Waals surface area contributed by atoms with Crippen molar-refractivity contribution >= 4 is 6.03 Å². The SMILES string of the molecule is CC1(NC(=O)NCC(F)(F)F)CCCOC1. The summed E-state index contributed by atoms with van der Waals surface area (Å²) in [5, 5.41) is 4.26. The predicted molar refractivity (Wildman–Crippen MR) is 51.0 cm³/mol. The van der Waals surface area contributed by atoms with Gasteiger partial charge in [-0.15, -0.1) is 0 Å². The van der Waals surface area contributed by atoms with Gasteiger partial charge in [0.1, 0.15) is 6.54 Å². The van der Waals surface area contributed by atoms with E-state index in [0.717, 1.165) is 6.42 Å². The van der Waals surface area contributed by atoms with Crippen LogP contribution in [-0.4, -0.2) is 37.5 Å². The second kappa shape index (κ2) is 4.90. The molecule has 16 heavy (non-hydrogen) atoms. The highest BCUT2D eigenvalue weighted by Gasteiger charge is 2.31. The molecule has 1 saturated heterocycles. The summed E-state index contributed by atoms with van der Waals surface area (Å²) < 4.78 is 40.6. The summed E-state index contributed by atoms with van der Waals surface area (Å²) in [7, 11) is 0. The van der Waals surface area contributed by atoms with Crippen LogP contribution in [-0.2, 0) is 4.74 Å². The van der Waals surface area contributed by atoms with E-state index in [1.165, 1.54) is 0 Å². The average Bonchev–Trinajstić information content (AvgIpc) is 2.14. The van der Waals surface area contributed by atoms with Crippen LogP contribution < -0.4 is 10.6 Å². The third-order valence-electron chi connectivity index (χ3n) is 2.30. The van der Waals surface area contributed by atoms with Gasteiger partial charge >= 0.3 is 12.2 Å². The molecule has 0 aromatic heterocycles. The van der Waals surface area contributed by atoms with Gasteiger partial charge in [-0.2, -0.15) is 13.2 Å². The minimum atomic E-state index is -4.39. The Morgan fingerprint density at radius 3 is 2.69 bits per heavy atom. The Labute approximate surface area is 91.5 Å². The van der Waals surface area contributed by atoms with E-state index in [0.29, 0.717) is 19.6 Å². The second-order valence-corrected chi connectivity index (χ2v) is 4.14. The summed E-state index contributed by atoms with van der Waals surface area (Å²) in [5.41, 5.74) is -0.575. The lowest BCUT2D eigenvalue weighted by atomic mass is 9.95. The molecule has 4 nitrogen and oxygen atoms in total. The van der Waals surface area contributed by atoms with Crippen LogP contribution in [0.3, 0.4) is 0 Å². The minimum Gasteiger partial charge on any atom is -0.379 e. The highest BCUT2D eigenvalue weighted by molar-refractivity contribution is 5.74. The van der Waals surface area contributed by atoms with E-state index in [4.69, 9.17) is 4.74 Å². The highest BCUT2D eigenvalue weighted by Crippen LogP contribution is 2.18. The zero-order valence-electron chi connectivity index (χ0n) is 8.99. The van der Waals surface area contributed by atoms with Crippen molar-refractivity contribution in [3.8, 4) is 0 Å². The number of halogens is 3. The molecule has 1 aliphatic heterocycles. The third-order valence-corrected chi connectivity index (χ3v) is 2.30. The Morgan fingerprint density at radius 2 is 2.19 bits per heavy atom. The first-order valence-corrected chi connectivity index (χ1v) is 5.01. The molecule has 0 spiro atoms. The van der Waals surface area contributed by atoms with Crippen LogP contribution in [0.15, 0.2) is 0 Å². The molecule has 0 saturated carbocycles. The van der Waals surface area contributed by atoms with Crippen molar-refractivity contribution in [2.75, 3.05) is 19.8 Å². The average molecular weight is 240 g/mol. The summed E-state index contributed by atoms with van der Waals surface area (Å²) >= 11 is 0. The van der Waals surface area contributed by atoms with Crippen molar-refractivity contribution in [3.05, 3.63) is 0 Å². The Morgan fingerprint density at radius 1 is 1.50 bits per heavy atom. The maximum absolute atomic E-state index is 11.8. The number of alkyl halides is 3. The van der Waals surface area contributed by atoms with E-state index in [1.807, 2.05) is 0 Å². The lowest BCUT2D eigenvalue weighted by molar-refractivity contribution is -0.122. The number of amides is 2. The summed E-state index contributed by atoms with van der Waals surface area (Å²) in [6.45, 7) is 1.38. The highest BCUT2D eigenvalue weighted by atomic mass is 19.4. The van der Waals surface area contributed by atoms with Crippen molar-refractivity contribution in [1.82, 2.24) is 10.6 Å². The lowest BCUT2D eigenvalue weighted by Gasteiger charge is -2.34. The van der Waals surface area contributed by atoms with Crippen LogP contribution in [0.5, 0.6) is 0 Å². The van der Waals surface area contributed by atoms with Crippen LogP contribution in [0.2, 0.25) is 0 Å².